The smallest absolute Gasteiger partial charge is 0.266 e. The highest BCUT2D eigenvalue weighted by Crippen LogP contribution is 2.36. The quantitative estimate of drug-likeness (QED) is 0.438. The monoisotopic (exact) mass is 441 g/mol. The lowest BCUT2D eigenvalue weighted by molar-refractivity contribution is -0.730. The third kappa shape index (κ3) is 4.12. The molecule has 0 aliphatic rings. The van der Waals surface area contributed by atoms with Crippen molar-refractivity contribution in [2.45, 2.75) is 5.03 Å². The first-order valence-electron chi connectivity index (χ1n) is 8.21. The van der Waals surface area contributed by atoms with Crippen molar-refractivity contribution in [2.24, 2.45) is 7.05 Å². The van der Waals surface area contributed by atoms with Crippen LogP contribution in [0.2, 0.25) is 5.02 Å². The summed E-state index contributed by atoms with van der Waals surface area (Å²) in [5.74, 6) is -1.49. The molecule has 0 saturated heterocycles. The van der Waals surface area contributed by atoms with E-state index in [1.165, 1.54) is 7.05 Å². The standard InChI is InChI=1S/C18H12ClN7O3S/c1-26-15(18(28)29-25-26)14-11(6-20)16(22)24-17(12(14)7-21)30-8-13(27)23-10-4-2-9(19)3-5-10/h2-5H,8H2,1H3,(H3-,22,23,24,25,27,28). The van der Waals surface area contributed by atoms with Gasteiger partial charge in [-0.25, -0.2) is 4.98 Å². The molecule has 3 N–H and O–H groups in total. The zero-order valence-corrected chi connectivity index (χ0v) is 16.9. The molecule has 2 heterocycles. The highest BCUT2D eigenvalue weighted by Gasteiger charge is 2.29. The number of thioether (sulfide) groups is 1. The summed E-state index contributed by atoms with van der Waals surface area (Å²) >= 11 is 6.75. The average molecular weight is 442 g/mol. The molecular weight excluding hydrogens is 430 g/mol. The van der Waals surface area contributed by atoms with Crippen LogP contribution >= 0.6 is 23.4 Å². The van der Waals surface area contributed by atoms with Gasteiger partial charge in [0.05, 0.1) is 22.2 Å². The number of pyridine rings is 1. The number of nitrogen functional groups attached to an aromatic ring is 1. The van der Waals surface area contributed by atoms with Crippen molar-refractivity contribution in [3.63, 3.8) is 0 Å². The second-order valence-electron chi connectivity index (χ2n) is 5.83. The SMILES string of the molecule is C[n+]1noc([O-])c1-c1c(C#N)c(N)nc(SCC(=O)Nc2ccc(Cl)cc2)c1C#N. The van der Waals surface area contributed by atoms with Gasteiger partial charge >= 0.3 is 0 Å². The van der Waals surface area contributed by atoms with E-state index < -0.39 is 5.95 Å². The number of hydrogen-bond acceptors (Lipinski definition) is 9. The minimum atomic E-state index is -0.840. The van der Waals surface area contributed by atoms with Crippen LogP contribution in [0.1, 0.15) is 11.1 Å². The van der Waals surface area contributed by atoms with Crippen molar-refractivity contribution < 1.29 is 19.1 Å². The van der Waals surface area contributed by atoms with E-state index in [-0.39, 0.29) is 44.9 Å². The Morgan fingerprint density at radius 1 is 1.33 bits per heavy atom. The molecule has 0 spiro atoms. The number of anilines is 2. The summed E-state index contributed by atoms with van der Waals surface area (Å²) in [6.07, 6.45) is 0. The summed E-state index contributed by atoms with van der Waals surface area (Å²) in [6.45, 7) is 0. The fraction of sp³-hybridized carbons (Fsp3) is 0.111. The first-order chi connectivity index (χ1) is 14.3. The zero-order valence-electron chi connectivity index (χ0n) is 15.3. The molecule has 0 fully saturated rings. The largest absolute Gasteiger partial charge is 0.539 e. The predicted molar refractivity (Wildman–Crippen MR) is 105 cm³/mol. The topological polar surface area (TPSA) is 169 Å². The highest BCUT2D eigenvalue weighted by molar-refractivity contribution is 8.00. The van der Waals surface area contributed by atoms with Gasteiger partial charge in [0, 0.05) is 10.7 Å². The van der Waals surface area contributed by atoms with Crippen molar-refractivity contribution in [1.82, 2.24) is 10.3 Å². The minimum Gasteiger partial charge on any atom is -0.539 e. The molecule has 0 aliphatic heterocycles. The molecule has 10 nitrogen and oxygen atoms in total. The molecule has 0 saturated carbocycles. The Morgan fingerprint density at radius 3 is 2.57 bits per heavy atom. The first-order valence-corrected chi connectivity index (χ1v) is 9.57. The van der Waals surface area contributed by atoms with E-state index in [4.69, 9.17) is 17.3 Å². The maximum absolute atomic E-state index is 12.3. The lowest BCUT2D eigenvalue weighted by Crippen LogP contribution is -2.32. The Kier molecular flexibility index (Phi) is 6.06. The zero-order chi connectivity index (χ0) is 21.8. The molecule has 12 heteroatoms. The Labute approximate surface area is 179 Å². The molecule has 2 aromatic heterocycles. The molecule has 1 aromatic carbocycles. The van der Waals surface area contributed by atoms with Crippen LogP contribution < -0.4 is 20.8 Å². The van der Waals surface area contributed by atoms with E-state index in [0.717, 1.165) is 16.4 Å². The molecule has 0 aliphatic carbocycles. The van der Waals surface area contributed by atoms with Crippen LogP contribution in [-0.2, 0) is 11.8 Å². The van der Waals surface area contributed by atoms with Crippen LogP contribution in [0.25, 0.3) is 11.3 Å². The van der Waals surface area contributed by atoms with Gasteiger partial charge in [-0.05, 0) is 24.3 Å². The lowest BCUT2D eigenvalue weighted by atomic mass is 10.0. The maximum Gasteiger partial charge on any atom is 0.266 e. The number of hydrogen-bond donors (Lipinski definition) is 2. The fourth-order valence-corrected chi connectivity index (χ4v) is 3.50. The second-order valence-corrected chi connectivity index (χ2v) is 7.23. The van der Waals surface area contributed by atoms with Crippen LogP contribution in [0.3, 0.4) is 0 Å². The second kappa shape index (κ2) is 8.69. The van der Waals surface area contributed by atoms with Crippen molar-refractivity contribution in [3.8, 4) is 29.3 Å². The van der Waals surface area contributed by atoms with Gasteiger partial charge in [-0.2, -0.15) is 10.5 Å². The van der Waals surface area contributed by atoms with E-state index >= 15 is 0 Å². The van der Waals surface area contributed by atoms with Crippen molar-refractivity contribution in [2.75, 3.05) is 16.8 Å². The number of nitrogens with one attached hydrogen (secondary N) is 1. The van der Waals surface area contributed by atoms with E-state index in [9.17, 15) is 20.4 Å². The number of nitriles is 2. The Balaban J connectivity index is 1.94. The number of benzene rings is 1. The number of carbonyl (C=O) groups is 1. The third-order valence-corrected chi connectivity index (χ3v) is 5.11. The normalized spacial score (nSPS) is 10.3. The predicted octanol–water partition coefficient (Wildman–Crippen LogP) is 1.34. The maximum atomic E-state index is 12.3. The number of amides is 1. The molecule has 150 valence electrons. The molecule has 1 amide bonds. The van der Waals surface area contributed by atoms with Gasteiger partial charge < -0.3 is 20.7 Å². The lowest BCUT2D eigenvalue weighted by Gasteiger charge is -2.11. The highest BCUT2D eigenvalue weighted by atomic mass is 35.5. The van der Waals surface area contributed by atoms with Crippen molar-refractivity contribution >= 4 is 40.8 Å². The molecular formula is C18H12ClN7O3S. The van der Waals surface area contributed by atoms with Crippen LogP contribution in [0, 0.1) is 22.7 Å². The number of aryl methyl sites for hydroxylation is 1. The summed E-state index contributed by atoms with van der Waals surface area (Å²) in [7, 11) is 1.42. The fourth-order valence-electron chi connectivity index (χ4n) is 2.58. The van der Waals surface area contributed by atoms with Crippen molar-refractivity contribution in [3.05, 3.63) is 40.4 Å². The van der Waals surface area contributed by atoms with E-state index in [0.29, 0.717) is 10.7 Å². The number of halogens is 1. The molecule has 0 atom stereocenters. The summed E-state index contributed by atoms with van der Waals surface area (Å²) in [5, 5.41) is 38.0. The number of aromatic nitrogens is 3. The molecule has 3 rings (SSSR count). The third-order valence-electron chi connectivity index (χ3n) is 3.88. The van der Waals surface area contributed by atoms with Gasteiger partial charge in [-0.3, -0.25) is 4.79 Å². The number of carbonyl (C=O) groups excluding carboxylic acids is 1. The molecule has 30 heavy (non-hydrogen) atoms. The summed E-state index contributed by atoms with van der Waals surface area (Å²) in [6, 6.07) is 10.3. The van der Waals surface area contributed by atoms with Gasteiger partial charge in [0.1, 0.15) is 28.5 Å². The van der Waals surface area contributed by atoms with E-state index in [2.05, 4.69) is 20.1 Å². The van der Waals surface area contributed by atoms with Crippen LogP contribution in [0.15, 0.2) is 33.8 Å². The molecule has 0 radical (unpaired) electrons. The number of rotatable bonds is 5. The Bertz CT molecular complexity index is 1190. The molecule has 0 bridgehead atoms. The molecule has 3 aromatic rings. The molecule has 0 unspecified atom stereocenters. The summed E-state index contributed by atoms with van der Waals surface area (Å²) < 4.78 is 5.70. The Hall–Kier alpha value is -3.80. The first kappa shape index (κ1) is 20.9. The Morgan fingerprint density at radius 2 is 2.00 bits per heavy atom. The number of nitrogens with zero attached hydrogens (tertiary/aromatic N) is 5. The van der Waals surface area contributed by atoms with Crippen LogP contribution in [0.4, 0.5) is 11.5 Å². The van der Waals surface area contributed by atoms with Gasteiger partial charge in [0.15, 0.2) is 13.0 Å². The average Bonchev–Trinajstić information content (AvgIpc) is 3.05. The summed E-state index contributed by atoms with van der Waals surface area (Å²) in [4.78, 5) is 16.3. The van der Waals surface area contributed by atoms with E-state index in [1.54, 1.807) is 24.3 Å². The van der Waals surface area contributed by atoms with Crippen molar-refractivity contribution in [1.29, 1.82) is 10.5 Å². The van der Waals surface area contributed by atoms with Gasteiger partial charge in [-0.15, -0.1) is 0 Å². The number of nitrogens with two attached hydrogens (primary N) is 1. The van der Waals surface area contributed by atoms with Crippen LogP contribution in [0.5, 0.6) is 5.95 Å². The van der Waals surface area contributed by atoms with Gasteiger partial charge in [0.25, 0.3) is 5.69 Å². The minimum absolute atomic E-state index is 0.0399. The van der Waals surface area contributed by atoms with Gasteiger partial charge in [-0.1, -0.05) is 28.0 Å². The van der Waals surface area contributed by atoms with Gasteiger partial charge in [0.2, 0.25) is 5.91 Å². The summed E-state index contributed by atoms with van der Waals surface area (Å²) in [5.41, 5.74) is 6.02. The van der Waals surface area contributed by atoms with Crippen LogP contribution in [-0.4, -0.2) is 21.9 Å². The van der Waals surface area contributed by atoms with E-state index in [1.807, 2.05) is 12.1 Å².